The first-order valence-electron chi connectivity index (χ1n) is 2.85. The summed E-state index contributed by atoms with van der Waals surface area (Å²) in [7, 11) is 0. The Labute approximate surface area is 71.2 Å². The lowest BCUT2D eigenvalue weighted by atomic mass is 10.3. The van der Waals surface area contributed by atoms with Gasteiger partial charge in [0.05, 0.1) is 0 Å². The van der Waals surface area contributed by atoms with Crippen LogP contribution in [0.15, 0.2) is 17.2 Å². The minimum absolute atomic E-state index is 0.142. The van der Waals surface area contributed by atoms with Crippen LogP contribution in [0.2, 0.25) is 5.02 Å². The van der Waals surface area contributed by atoms with Gasteiger partial charge in [-0.2, -0.15) is 0 Å². The normalized spacial score (nSPS) is 9.25. The van der Waals surface area contributed by atoms with Gasteiger partial charge in [0, 0.05) is 10.6 Å². The van der Waals surface area contributed by atoms with E-state index in [0.717, 1.165) is 12.1 Å². The van der Waals surface area contributed by atoms with Crippen molar-refractivity contribution < 1.29 is 8.78 Å². The van der Waals surface area contributed by atoms with Gasteiger partial charge in [0.2, 0.25) is 0 Å². The van der Waals surface area contributed by atoms with Crippen LogP contribution >= 0.6 is 11.6 Å². The predicted octanol–water partition coefficient (Wildman–Crippen LogP) is 3.56. The minimum atomic E-state index is -0.945. The van der Waals surface area contributed by atoms with Gasteiger partial charge >= 0.3 is 0 Å². The second-order valence-corrected chi connectivity index (χ2v) is 2.29. The van der Waals surface area contributed by atoms with Gasteiger partial charge in [0.15, 0.2) is 0 Å². The molecule has 0 fully saturated rings. The van der Waals surface area contributed by atoms with Crippen LogP contribution in [0.3, 0.4) is 0 Å². The number of benzene rings is 1. The molecule has 0 amide bonds. The molecule has 0 aliphatic carbocycles. The maximum absolute atomic E-state index is 12.6. The molecule has 0 radical (unpaired) electrons. The van der Waals surface area contributed by atoms with E-state index in [1.54, 1.807) is 0 Å². The monoisotopic (exact) mass is 189 g/mol. The Kier molecular flexibility index (Phi) is 2.47. The topological polar surface area (TPSA) is 48.8 Å². The van der Waals surface area contributed by atoms with Gasteiger partial charge in [-0.25, -0.2) is 8.78 Å². The average molecular weight is 190 g/mol. The lowest BCUT2D eigenvalue weighted by molar-refractivity contribution is 0.584. The Balaban J connectivity index is 3.30. The van der Waals surface area contributed by atoms with Gasteiger partial charge in [-0.15, -0.1) is 0 Å². The number of hydrogen-bond acceptors (Lipinski definition) is 1. The highest BCUT2D eigenvalue weighted by Gasteiger charge is 2.06. The van der Waals surface area contributed by atoms with Crippen molar-refractivity contribution in [2.75, 3.05) is 0 Å². The maximum Gasteiger partial charge on any atom is 0.145 e. The lowest BCUT2D eigenvalue weighted by Crippen LogP contribution is -1.81. The third-order valence-corrected chi connectivity index (χ3v) is 1.49. The van der Waals surface area contributed by atoms with Crippen molar-refractivity contribution in [3.05, 3.63) is 39.2 Å². The van der Waals surface area contributed by atoms with Crippen LogP contribution in [-0.2, 0) is 0 Å². The van der Waals surface area contributed by atoms with Crippen LogP contribution in [0.25, 0.3) is 10.4 Å². The second-order valence-electron chi connectivity index (χ2n) is 1.91. The summed E-state index contributed by atoms with van der Waals surface area (Å²) in [6.07, 6.45) is 0. The summed E-state index contributed by atoms with van der Waals surface area (Å²) in [5, 5.41) is 2.41. The van der Waals surface area contributed by atoms with Crippen LogP contribution in [0, 0.1) is 11.6 Å². The first-order valence-corrected chi connectivity index (χ1v) is 3.22. The fourth-order valence-corrected chi connectivity index (χ4v) is 0.761. The molecule has 1 aromatic rings. The predicted molar refractivity (Wildman–Crippen MR) is 40.2 cm³/mol. The molecule has 0 saturated carbocycles. The molecule has 0 saturated heterocycles. The lowest BCUT2D eigenvalue weighted by Gasteiger charge is -1.96. The van der Waals surface area contributed by atoms with Gasteiger partial charge in [-0.1, -0.05) is 16.7 Å². The second kappa shape index (κ2) is 3.38. The molecule has 0 N–H and O–H groups in total. The smallest absolute Gasteiger partial charge is 0.145 e. The van der Waals surface area contributed by atoms with Crippen molar-refractivity contribution in [3.63, 3.8) is 0 Å². The van der Waals surface area contributed by atoms with E-state index in [2.05, 4.69) is 10.0 Å². The van der Waals surface area contributed by atoms with Gasteiger partial charge < -0.3 is 0 Å². The van der Waals surface area contributed by atoms with E-state index in [0.29, 0.717) is 0 Å². The molecule has 0 heterocycles. The van der Waals surface area contributed by atoms with Crippen molar-refractivity contribution in [2.24, 2.45) is 5.11 Å². The average Bonchev–Trinajstić information content (AvgIpc) is 2.01. The molecule has 1 rings (SSSR count). The Bertz CT molecular complexity index is 337. The van der Waals surface area contributed by atoms with E-state index < -0.39 is 16.7 Å². The van der Waals surface area contributed by atoms with Gasteiger partial charge in [-0.3, -0.25) is 0 Å². The highest BCUT2D eigenvalue weighted by molar-refractivity contribution is 6.30. The molecule has 0 unspecified atom stereocenters. The van der Waals surface area contributed by atoms with E-state index in [4.69, 9.17) is 17.1 Å². The van der Waals surface area contributed by atoms with Crippen molar-refractivity contribution in [2.45, 2.75) is 0 Å². The first kappa shape index (κ1) is 8.77. The Hall–Kier alpha value is -1.32. The molecule has 62 valence electrons. The van der Waals surface area contributed by atoms with Crippen LogP contribution < -0.4 is 0 Å². The summed E-state index contributed by atoms with van der Waals surface area (Å²) >= 11 is 5.17. The van der Waals surface area contributed by atoms with Gasteiger partial charge in [0.1, 0.15) is 16.7 Å². The first-order chi connectivity index (χ1) is 5.65. The third kappa shape index (κ3) is 1.64. The van der Waals surface area contributed by atoms with E-state index in [-0.39, 0.29) is 5.69 Å². The molecule has 0 aliphatic rings. The molecule has 0 aliphatic heterocycles. The SMILES string of the molecule is [N-]=[N+]=Nc1cc(F)c(Cl)c(F)c1. The number of halogens is 3. The van der Waals surface area contributed by atoms with Gasteiger partial charge in [0.25, 0.3) is 0 Å². The number of hydrogen-bond donors (Lipinski definition) is 0. The minimum Gasteiger partial charge on any atom is -0.205 e. The quantitative estimate of drug-likeness (QED) is 0.281. The zero-order valence-electron chi connectivity index (χ0n) is 5.63. The fraction of sp³-hybridized carbons (Fsp3) is 0. The summed E-state index contributed by atoms with van der Waals surface area (Å²) in [6.45, 7) is 0. The summed E-state index contributed by atoms with van der Waals surface area (Å²) in [5.74, 6) is -1.89. The standard InChI is InChI=1S/C6H2ClF2N3/c7-6-4(8)1-3(11-12-10)2-5(6)9/h1-2H. The maximum atomic E-state index is 12.6. The third-order valence-electron chi connectivity index (χ3n) is 1.13. The Morgan fingerprint density at radius 1 is 1.33 bits per heavy atom. The summed E-state index contributed by atoms with van der Waals surface area (Å²) in [4.78, 5) is 2.37. The van der Waals surface area contributed by atoms with Crippen molar-refractivity contribution >= 4 is 17.3 Å². The summed E-state index contributed by atoms with van der Waals surface area (Å²) < 4.78 is 25.2. The summed E-state index contributed by atoms with van der Waals surface area (Å²) in [6, 6.07) is 1.70. The fourth-order valence-electron chi connectivity index (χ4n) is 0.652. The van der Waals surface area contributed by atoms with E-state index in [1.165, 1.54) is 0 Å². The zero-order chi connectivity index (χ0) is 9.14. The number of nitrogens with zero attached hydrogens (tertiary/aromatic N) is 3. The summed E-state index contributed by atoms with van der Waals surface area (Å²) in [5.41, 5.74) is 7.81. The number of azide groups is 1. The Morgan fingerprint density at radius 2 is 1.83 bits per heavy atom. The van der Waals surface area contributed by atoms with Crippen LogP contribution in [0.1, 0.15) is 0 Å². The molecule has 0 aromatic heterocycles. The van der Waals surface area contributed by atoms with E-state index in [9.17, 15) is 8.78 Å². The van der Waals surface area contributed by atoms with Crippen molar-refractivity contribution in [1.29, 1.82) is 0 Å². The van der Waals surface area contributed by atoms with Crippen molar-refractivity contribution in [1.82, 2.24) is 0 Å². The van der Waals surface area contributed by atoms with Crippen LogP contribution in [-0.4, -0.2) is 0 Å². The zero-order valence-corrected chi connectivity index (χ0v) is 6.39. The highest BCUT2D eigenvalue weighted by Crippen LogP contribution is 2.24. The van der Waals surface area contributed by atoms with E-state index in [1.807, 2.05) is 0 Å². The molecule has 3 nitrogen and oxygen atoms in total. The molecular weight excluding hydrogens is 188 g/mol. The van der Waals surface area contributed by atoms with E-state index >= 15 is 0 Å². The molecule has 0 bridgehead atoms. The molecule has 1 aromatic carbocycles. The van der Waals surface area contributed by atoms with Crippen LogP contribution in [0.4, 0.5) is 14.5 Å². The molecular formula is C6H2ClF2N3. The molecule has 0 spiro atoms. The molecule has 12 heavy (non-hydrogen) atoms. The largest absolute Gasteiger partial charge is 0.205 e. The van der Waals surface area contributed by atoms with Gasteiger partial charge in [-0.05, 0) is 17.7 Å². The molecule has 0 atom stereocenters. The van der Waals surface area contributed by atoms with Crippen LogP contribution in [0.5, 0.6) is 0 Å². The number of rotatable bonds is 1. The highest BCUT2D eigenvalue weighted by atomic mass is 35.5. The molecule has 6 heteroatoms. The van der Waals surface area contributed by atoms with Crippen molar-refractivity contribution in [3.8, 4) is 0 Å². The Morgan fingerprint density at radius 3 is 2.25 bits per heavy atom.